The Morgan fingerprint density at radius 1 is 1.14 bits per heavy atom. The largest absolute Gasteiger partial charge is 0.497 e. The number of benzene rings is 2. The van der Waals surface area contributed by atoms with E-state index in [-0.39, 0.29) is 11.4 Å². The van der Waals surface area contributed by atoms with E-state index in [1.165, 1.54) is 31.4 Å². The molecule has 2 amide bonds. The number of amides is 2. The summed E-state index contributed by atoms with van der Waals surface area (Å²) in [5.41, 5.74) is -3.13. The average Bonchev–Trinajstić information content (AvgIpc) is 3.06. The fraction of sp³-hybridized carbons (Fsp3) is 0.158. The van der Waals surface area contributed by atoms with Crippen LogP contribution in [0, 0.1) is 11.3 Å². The molecule has 0 spiro atoms. The van der Waals surface area contributed by atoms with Crippen LogP contribution in [0.15, 0.2) is 59.9 Å². The van der Waals surface area contributed by atoms with Gasteiger partial charge < -0.3 is 15.4 Å². The summed E-state index contributed by atoms with van der Waals surface area (Å²) in [6, 6.07) is 12.3. The van der Waals surface area contributed by atoms with Gasteiger partial charge in [0.15, 0.2) is 0 Å². The lowest BCUT2D eigenvalue weighted by atomic mass is 9.80. The number of methoxy groups -OCH3 is 1. The van der Waals surface area contributed by atoms with Gasteiger partial charge in [0.25, 0.3) is 0 Å². The first-order valence-corrected chi connectivity index (χ1v) is 8.18. The van der Waals surface area contributed by atoms with Gasteiger partial charge in [-0.15, -0.1) is 0 Å². The van der Waals surface area contributed by atoms with Gasteiger partial charge in [0.1, 0.15) is 23.2 Å². The van der Waals surface area contributed by atoms with Crippen molar-refractivity contribution >= 4 is 17.4 Å². The normalized spacial score (nSPS) is 20.7. The highest BCUT2D eigenvalue weighted by molar-refractivity contribution is 6.05. The number of nitrogens with one attached hydrogen (secondary N) is 2. The molecule has 4 rings (SSSR count). The molecule has 0 aliphatic carbocycles. The molecule has 0 bridgehead atoms. The number of fused-ring (bicyclic) bond motifs is 3. The lowest BCUT2D eigenvalue weighted by molar-refractivity contribution is -0.184. The summed E-state index contributed by atoms with van der Waals surface area (Å²) >= 11 is 0. The van der Waals surface area contributed by atoms with Crippen molar-refractivity contribution in [3.8, 4) is 11.8 Å². The molecule has 0 saturated carbocycles. The van der Waals surface area contributed by atoms with Crippen LogP contribution in [-0.4, -0.2) is 19.3 Å². The second-order valence-corrected chi connectivity index (χ2v) is 6.22. The van der Waals surface area contributed by atoms with E-state index in [1.807, 2.05) is 5.32 Å². The third-order valence-corrected chi connectivity index (χ3v) is 4.79. The molecular weight excluding hydrogens is 373 g/mol. The number of carbonyl (C=O) groups is 1. The van der Waals surface area contributed by atoms with Gasteiger partial charge in [-0.2, -0.15) is 18.4 Å². The highest BCUT2D eigenvalue weighted by Crippen LogP contribution is 2.51. The maximum atomic E-state index is 14.4. The van der Waals surface area contributed by atoms with Crippen LogP contribution in [0.1, 0.15) is 5.56 Å². The highest BCUT2D eigenvalue weighted by atomic mass is 19.4. The Labute approximate surface area is 157 Å². The molecule has 2 N–H and O–H groups in total. The van der Waals surface area contributed by atoms with E-state index in [2.05, 4.69) is 5.32 Å². The lowest BCUT2D eigenvalue weighted by Crippen LogP contribution is -2.63. The Hall–Kier alpha value is -3.67. The second kappa shape index (κ2) is 5.92. The van der Waals surface area contributed by atoms with Crippen LogP contribution in [-0.2, 0) is 5.54 Å². The van der Waals surface area contributed by atoms with Gasteiger partial charge in [-0.1, -0.05) is 24.3 Å². The summed E-state index contributed by atoms with van der Waals surface area (Å²) in [7, 11) is 1.39. The van der Waals surface area contributed by atoms with Crippen LogP contribution >= 0.6 is 0 Å². The van der Waals surface area contributed by atoms with E-state index >= 15 is 0 Å². The number of rotatable bonds is 2. The smallest absolute Gasteiger partial charge is 0.421 e. The maximum Gasteiger partial charge on any atom is 0.421 e. The molecule has 0 aromatic heterocycles. The van der Waals surface area contributed by atoms with Crippen molar-refractivity contribution in [2.45, 2.75) is 11.7 Å². The number of nitrogens with zero attached hydrogens (tertiary/aromatic N) is 2. The summed E-state index contributed by atoms with van der Waals surface area (Å²) < 4.78 is 48.1. The minimum atomic E-state index is -4.97. The number of hydrogen-bond acceptors (Lipinski definition) is 4. The predicted molar refractivity (Wildman–Crippen MR) is 94.4 cm³/mol. The highest BCUT2D eigenvalue weighted by Gasteiger charge is 2.64. The van der Waals surface area contributed by atoms with Crippen LogP contribution in [0.2, 0.25) is 0 Å². The van der Waals surface area contributed by atoms with Crippen molar-refractivity contribution in [3.63, 3.8) is 0 Å². The quantitative estimate of drug-likeness (QED) is 0.822. The van der Waals surface area contributed by atoms with Crippen molar-refractivity contribution in [1.29, 1.82) is 5.26 Å². The van der Waals surface area contributed by atoms with Crippen LogP contribution in [0.25, 0.3) is 0 Å². The molecule has 142 valence electrons. The van der Waals surface area contributed by atoms with Crippen molar-refractivity contribution in [1.82, 2.24) is 5.32 Å². The van der Waals surface area contributed by atoms with E-state index in [0.717, 1.165) is 4.90 Å². The topological polar surface area (TPSA) is 77.4 Å². The summed E-state index contributed by atoms with van der Waals surface area (Å²) in [5.74, 6) is 0.142. The van der Waals surface area contributed by atoms with Gasteiger partial charge in [0.2, 0.25) is 5.54 Å². The molecule has 0 fully saturated rings. The number of urea groups is 1. The van der Waals surface area contributed by atoms with Gasteiger partial charge >= 0.3 is 12.2 Å². The van der Waals surface area contributed by atoms with Crippen LogP contribution < -0.4 is 20.3 Å². The Balaban J connectivity index is 1.99. The first-order chi connectivity index (χ1) is 13.3. The van der Waals surface area contributed by atoms with Crippen molar-refractivity contribution in [2.75, 3.05) is 17.3 Å². The fourth-order valence-corrected chi connectivity index (χ4v) is 3.49. The minimum absolute atomic E-state index is 0.208. The van der Waals surface area contributed by atoms with Crippen molar-refractivity contribution < 1.29 is 22.7 Å². The number of anilines is 2. The molecule has 0 unspecified atom stereocenters. The molecule has 1 atom stereocenters. The number of halogens is 3. The van der Waals surface area contributed by atoms with Crippen LogP contribution in [0.5, 0.6) is 5.75 Å². The van der Waals surface area contributed by atoms with E-state index in [0.29, 0.717) is 17.1 Å². The summed E-state index contributed by atoms with van der Waals surface area (Å²) in [5, 5.41) is 14.5. The molecule has 0 saturated heterocycles. The molecule has 2 heterocycles. The second-order valence-electron chi connectivity index (χ2n) is 6.22. The van der Waals surface area contributed by atoms with Gasteiger partial charge in [0.05, 0.1) is 18.5 Å². The molecule has 2 aliphatic heterocycles. The number of alkyl halides is 3. The predicted octanol–water partition coefficient (Wildman–Crippen LogP) is 3.84. The molecular formula is C19H13F3N4O2. The summed E-state index contributed by atoms with van der Waals surface area (Å²) in [6.07, 6.45) is -4.97. The van der Waals surface area contributed by atoms with Gasteiger partial charge in [0, 0.05) is 0 Å². The number of carbonyl (C=O) groups excluding carboxylic acids is 1. The van der Waals surface area contributed by atoms with Crippen LogP contribution in [0.3, 0.4) is 0 Å². The Morgan fingerprint density at radius 3 is 2.43 bits per heavy atom. The molecule has 0 radical (unpaired) electrons. The summed E-state index contributed by atoms with van der Waals surface area (Å²) in [6.45, 7) is 0. The van der Waals surface area contributed by atoms with E-state index in [9.17, 15) is 23.2 Å². The van der Waals surface area contributed by atoms with Gasteiger partial charge in [-0.05, 0) is 29.8 Å². The van der Waals surface area contributed by atoms with E-state index < -0.39 is 23.3 Å². The number of ether oxygens (including phenoxy) is 1. The minimum Gasteiger partial charge on any atom is -0.497 e. The van der Waals surface area contributed by atoms with E-state index in [1.54, 1.807) is 30.3 Å². The number of hydrogen-bond donors (Lipinski definition) is 2. The Bertz CT molecular complexity index is 1040. The zero-order valence-electron chi connectivity index (χ0n) is 14.5. The van der Waals surface area contributed by atoms with Crippen molar-refractivity contribution in [2.24, 2.45) is 0 Å². The molecule has 28 heavy (non-hydrogen) atoms. The SMILES string of the molecule is COc1ccc([C@]2(C(F)(F)F)NC(=O)N3C(=C2C#N)Nc2ccccc23)cc1. The number of para-hydroxylation sites is 2. The van der Waals surface area contributed by atoms with Crippen molar-refractivity contribution in [3.05, 3.63) is 65.5 Å². The van der Waals surface area contributed by atoms with E-state index in [4.69, 9.17) is 4.74 Å². The Kier molecular flexibility index (Phi) is 3.75. The van der Waals surface area contributed by atoms with Crippen LogP contribution in [0.4, 0.5) is 29.3 Å². The monoisotopic (exact) mass is 386 g/mol. The fourth-order valence-electron chi connectivity index (χ4n) is 3.49. The van der Waals surface area contributed by atoms with Gasteiger partial charge in [-0.3, -0.25) is 0 Å². The zero-order chi connectivity index (χ0) is 20.1. The molecule has 6 nitrogen and oxygen atoms in total. The Morgan fingerprint density at radius 2 is 1.82 bits per heavy atom. The standard InChI is InChI=1S/C19H13F3N4O2/c1-28-12-8-6-11(7-9-12)18(19(20,21)22)13(10-23)16-24-14-4-2-3-5-15(14)26(16)17(27)25-18/h2-9,24H,1H3,(H,25,27)/t18-/m0/s1. The average molecular weight is 386 g/mol. The molecule has 2 aliphatic rings. The lowest BCUT2D eigenvalue weighted by Gasteiger charge is -2.42. The third kappa shape index (κ3) is 2.24. The number of nitriles is 1. The molecule has 2 aromatic carbocycles. The zero-order valence-corrected chi connectivity index (χ0v) is 14.5. The third-order valence-electron chi connectivity index (χ3n) is 4.79. The molecule has 2 aromatic rings. The molecule has 9 heteroatoms. The first kappa shape index (κ1) is 17.7. The summed E-state index contributed by atoms with van der Waals surface area (Å²) in [4.78, 5) is 13.8. The first-order valence-electron chi connectivity index (χ1n) is 8.18. The maximum absolute atomic E-state index is 14.4. The van der Waals surface area contributed by atoms with Gasteiger partial charge in [-0.25, -0.2) is 9.69 Å².